The van der Waals surface area contributed by atoms with Gasteiger partial charge >= 0.3 is 0 Å². The van der Waals surface area contributed by atoms with Crippen molar-refractivity contribution in [1.82, 2.24) is 9.88 Å². The van der Waals surface area contributed by atoms with Crippen LogP contribution in [0.5, 0.6) is 0 Å². The number of hydrogen-bond acceptors (Lipinski definition) is 3. The standard InChI is InChI=1S/C14H12FN3O3/c15-9-2-1-5-17(8-9)14(19)12-7-16-13-6-10(18(20)21)3-4-11(12)13/h2-4,6-7,16H,1,5,8H2. The molecule has 0 spiro atoms. The summed E-state index contributed by atoms with van der Waals surface area (Å²) >= 11 is 0. The van der Waals surface area contributed by atoms with Crippen molar-refractivity contribution in [3.05, 3.63) is 52.0 Å². The molecule has 0 aliphatic carbocycles. The quantitative estimate of drug-likeness (QED) is 0.682. The summed E-state index contributed by atoms with van der Waals surface area (Å²) in [5, 5.41) is 11.3. The van der Waals surface area contributed by atoms with Crippen molar-refractivity contribution >= 4 is 22.5 Å². The number of nitrogens with one attached hydrogen (secondary N) is 1. The van der Waals surface area contributed by atoms with Crippen LogP contribution < -0.4 is 0 Å². The predicted molar refractivity (Wildman–Crippen MR) is 74.7 cm³/mol. The van der Waals surface area contributed by atoms with E-state index in [-0.39, 0.29) is 24.0 Å². The van der Waals surface area contributed by atoms with Crippen LogP contribution in [0.25, 0.3) is 10.9 Å². The second kappa shape index (κ2) is 5.01. The highest BCUT2D eigenvalue weighted by molar-refractivity contribution is 6.07. The van der Waals surface area contributed by atoms with Gasteiger partial charge in [0, 0.05) is 30.3 Å². The number of hydrogen-bond donors (Lipinski definition) is 1. The Hall–Kier alpha value is -2.70. The molecular formula is C14H12FN3O3. The molecule has 0 fully saturated rings. The molecule has 3 rings (SSSR count). The first-order chi connectivity index (χ1) is 10.1. The number of aromatic nitrogens is 1. The van der Waals surface area contributed by atoms with Gasteiger partial charge < -0.3 is 9.88 Å². The molecule has 108 valence electrons. The molecule has 1 aromatic carbocycles. The number of amides is 1. The van der Waals surface area contributed by atoms with Gasteiger partial charge in [-0.1, -0.05) is 0 Å². The van der Waals surface area contributed by atoms with E-state index in [4.69, 9.17) is 0 Å². The van der Waals surface area contributed by atoms with E-state index < -0.39 is 4.92 Å². The molecule has 1 aliphatic heterocycles. The van der Waals surface area contributed by atoms with E-state index in [0.717, 1.165) is 0 Å². The fourth-order valence-electron chi connectivity index (χ4n) is 2.45. The second-order valence-corrected chi connectivity index (χ2v) is 4.86. The van der Waals surface area contributed by atoms with Gasteiger partial charge in [-0.05, 0) is 18.6 Å². The van der Waals surface area contributed by atoms with E-state index in [0.29, 0.717) is 29.4 Å². The Bertz CT molecular complexity index is 766. The average molecular weight is 289 g/mol. The molecule has 0 atom stereocenters. The molecule has 1 aliphatic rings. The van der Waals surface area contributed by atoms with Gasteiger partial charge in [-0.15, -0.1) is 0 Å². The van der Waals surface area contributed by atoms with Crippen molar-refractivity contribution in [3.8, 4) is 0 Å². The van der Waals surface area contributed by atoms with Gasteiger partial charge in [0.1, 0.15) is 5.83 Å². The Morgan fingerprint density at radius 1 is 1.43 bits per heavy atom. The van der Waals surface area contributed by atoms with E-state index in [2.05, 4.69) is 4.98 Å². The van der Waals surface area contributed by atoms with E-state index in [1.165, 1.54) is 35.4 Å². The summed E-state index contributed by atoms with van der Waals surface area (Å²) in [6.07, 6.45) is 3.47. The van der Waals surface area contributed by atoms with Gasteiger partial charge in [0.05, 0.1) is 22.5 Å². The number of nitro groups is 1. The zero-order valence-corrected chi connectivity index (χ0v) is 11.0. The predicted octanol–water partition coefficient (Wildman–Crippen LogP) is 2.78. The van der Waals surface area contributed by atoms with Crippen LogP contribution in [0.1, 0.15) is 16.8 Å². The molecule has 7 heteroatoms. The number of rotatable bonds is 2. The number of carbonyl (C=O) groups is 1. The first kappa shape index (κ1) is 13.3. The highest BCUT2D eigenvalue weighted by Gasteiger charge is 2.22. The molecule has 1 aromatic heterocycles. The van der Waals surface area contributed by atoms with Crippen molar-refractivity contribution < 1.29 is 14.1 Å². The number of halogens is 1. The lowest BCUT2D eigenvalue weighted by atomic mass is 10.1. The number of aromatic amines is 1. The molecule has 0 radical (unpaired) electrons. The summed E-state index contributed by atoms with van der Waals surface area (Å²) in [4.78, 5) is 26.9. The minimum absolute atomic E-state index is 0.0293. The molecule has 6 nitrogen and oxygen atoms in total. The second-order valence-electron chi connectivity index (χ2n) is 4.86. The molecule has 0 unspecified atom stereocenters. The molecular weight excluding hydrogens is 277 g/mol. The number of fused-ring (bicyclic) bond motifs is 1. The molecule has 2 aromatic rings. The summed E-state index contributed by atoms with van der Waals surface area (Å²) in [5.74, 6) is -0.594. The Morgan fingerprint density at radius 3 is 2.95 bits per heavy atom. The highest BCUT2D eigenvalue weighted by Crippen LogP contribution is 2.25. The summed E-state index contributed by atoms with van der Waals surface area (Å²) in [6.45, 7) is 0.435. The van der Waals surface area contributed by atoms with Crippen molar-refractivity contribution in [2.24, 2.45) is 0 Å². The van der Waals surface area contributed by atoms with Crippen LogP contribution >= 0.6 is 0 Å². The Balaban J connectivity index is 1.95. The average Bonchev–Trinajstić information content (AvgIpc) is 2.89. The third kappa shape index (κ3) is 2.37. The van der Waals surface area contributed by atoms with E-state index in [1.807, 2.05) is 0 Å². The first-order valence-electron chi connectivity index (χ1n) is 6.45. The van der Waals surface area contributed by atoms with Crippen LogP contribution in [0.4, 0.5) is 10.1 Å². The van der Waals surface area contributed by atoms with Gasteiger partial charge in [0.25, 0.3) is 11.6 Å². The van der Waals surface area contributed by atoms with Gasteiger partial charge in [-0.3, -0.25) is 14.9 Å². The lowest BCUT2D eigenvalue weighted by Crippen LogP contribution is -2.35. The van der Waals surface area contributed by atoms with Crippen LogP contribution in [0.15, 0.2) is 36.3 Å². The zero-order valence-electron chi connectivity index (χ0n) is 11.0. The normalized spacial score (nSPS) is 15.1. The topological polar surface area (TPSA) is 79.2 Å². The Morgan fingerprint density at radius 2 is 2.24 bits per heavy atom. The van der Waals surface area contributed by atoms with Gasteiger partial charge in [-0.2, -0.15) is 0 Å². The van der Waals surface area contributed by atoms with Crippen molar-refractivity contribution in [3.63, 3.8) is 0 Å². The minimum Gasteiger partial charge on any atom is -0.360 e. The molecule has 1 amide bonds. The summed E-state index contributed by atoms with van der Waals surface area (Å²) < 4.78 is 13.3. The van der Waals surface area contributed by atoms with Crippen LogP contribution in [-0.4, -0.2) is 33.8 Å². The number of nitrogens with zero attached hydrogens (tertiary/aromatic N) is 2. The number of H-pyrrole nitrogens is 1. The maximum atomic E-state index is 13.3. The van der Waals surface area contributed by atoms with Gasteiger partial charge in [0.2, 0.25) is 0 Å². The van der Waals surface area contributed by atoms with Crippen LogP contribution in [-0.2, 0) is 0 Å². The Labute approximate surface area is 119 Å². The molecule has 0 saturated heterocycles. The molecule has 21 heavy (non-hydrogen) atoms. The Kier molecular flexibility index (Phi) is 3.17. The number of benzene rings is 1. The van der Waals surface area contributed by atoms with E-state index in [9.17, 15) is 19.3 Å². The number of carbonyl (C=O) groups excluding carboxylic acids is 1. The third-order valence-corrected chi connectivity index (χ3v) is 3.50. The smallest absolute Gasteiger partial charge is 0.271 e. The largest absolute Gasteiger partial charge is 0.360 e. The SMILES string of the molecule is O=C(c1c[nH]c2cc([N+](=O)[O-])ccc12)N1CCC=C(F)C1. The number of nitro benzene ring substituents is 1. The maximum Gasteiger partial charge on any atom is 0.271 e. The lowest BCUT2D eigenvalue weighted by Gasteiger charge is -2.24. The van der Waals surface area contributed by atoms with Crippen molar-refractivity contribution in [2.45, 2.75) is 6.42 Å². The monoisotopic (exact) mass is 289 g/mol. The van der Waals surface area contributed by atoms with Crippen LogP contribution in [0.3, 0.4) is 0 Å². The number of non-ortho nitro benzene ring substituents is 1. The van der Waals surface area contributed by atoms with E-state index >= 15 is 0 Å². The molecule has 0 saturated carbocycles. The molecule has 0 bridgehead atoms. The minimum atomic E-state index is -0.493. The summed E-state index contributed by atoms with van der Waals surface area (Å²) in [5.41, 5.74) is 0.866. The molecule has 1 N–H and O–H groups in total. The third-order valence-electron chi connectivity index (χ3n) is 3.50. The van der Waals surface area contributed by atoms with Gasteiger partial charge in [-0.25, -0.2) is 4.39 Å². The van der Waals surface area contributed by atoms with Crippen LogP contribution in [0.2, 0.25) is 0 Å². The summed E-state index contributed by atoms with van der Waals surface area (Å²) in [7, 11) is 0. The first-order valence-corrected chi connectivity index (χ1v) is 6.45. The van der Waals surface area contributed by atoms with Crippen molar-refractivity contribution in [1.29, 1.82) is 0 Å². The fraction of sp³-hybridized carbons (Fsp3) is 0.214. The summed E-state index contributed by atoms with van der Waals surface area (Å²) in [6, 6.07) is 4.26. The fourth-order valence-corrected chi connectivity index (χ4v) is 2.45. The highest BCUT2D eigenvalue weighted by atomic mass is 19.1. The maximum absolute atomic E-state index is 13.3. The zero-order chi connectivity index (χ0) is 15.0. The van der Waals surface area contributed by atoms with Gasteiger partial charge in [0.15, 0.2) is 0 Å². The lowest BCUT2D eigenvalue weighted by molar-refractivity contribution is -0.384. The van der Waals surface area contributed by atoms with Crippen LogP contribution in [0, 0.1) is 10.1 Å². The van der Waals surface area contributed by atoms with E-state index in [1.54, 1.807) is 0 Å². The molecule has 2 heterocycles. The van der Waals surface area contributed by atoms with Crippen molar-refractivity contribution in [2.75, 3.05) is 13.1 Å².